The summed E-state index contributed by atoms with van der Waals surface area (Å²) >= 11 is 5.87. The van der Waals surface area contributed by atoms with Crippen molar-refractivity contribution in [1.29, 1.82) is 0 Å². The molecule has 3 aromatic rings. The Labute approximate surface area is 188 Å². The maximum absolute atomic E-state index is 12.4. The van der Waals surface area contributed by atoms with E-state index < -0.39 is 11.9 Å². The standard InChI is InChI=1S/C23H17ClN2O6/c24-17-4-2-5-18(11-17)29-13-22(27)26-25-12-15-3-1-6-19(9-15)32-23(28)16-7-8-20-21(10-16)31-14-30-20/h1-12H,13-14H2,(H,26,27)/b25-12+. The average molecular weight is 453 g/mol. The highest BCUT2D eigenvalue weighted by Gasteiger charge is 2.17. The highest BCUT2D eigenvalue weighted by atomic mass is 35.5. The van der Waals surface area contributed by atoms with Crippen LogP contribution in [0.1, 0.15) is 15.9 Å². The van der Waals surface area contributed by atoms with Crippen molar-refractivity contribution in [1.82, 2.24) is 5.43 Å². The molecule has 0 saturated carbocycles. The third-order valence-electron chi connectivity index (χ3n) is 4.25. The number of carbonyl (C=O) groups is 2. The molecule has 9 heteroatoms. The number of esters is 1. The first-order valence-corrected chi connectivity index (χ1v) is 9.87. The molecule has 4 rings (SSSR count). The second kappa shape index (κ2) is 9.84. The normalized spacial score (nSPS) is 11.9. The van der Waals surface area contributed by atoms with Crippen molar-refractivity contribution in [3.63, 3.8) is 0 Å². The Kier molecular flexibility index (Phi) is 6.52. The molecule has 0 saturated heterocycles. The average Bonchev–Trinajstić information content (AvgIpc) is 3.26. The maximum Gasteiger partial charge on any atom is 0.343 e. The monoisotopic (exact) mass is 452 g/mol. The Balaban J connectivity index is 1.30. The van der Waals surface area contributed by atoms with Crippen molar-refractivity contribution in [3.05, 3.63) is 82.9 Å². The lowest BCUT2D eigenvalue weighted by Gasteiger charge is -2.06. The van der Waals surface area contributed by atoms with Gasteiger partial charge in [-0.3, -0.25) is 4.79 Å². The van der Waals surface area contributed by atoms with E-state index in [0.29, 0.717) is 39.1 Å². The molecule has 1 aliphatic rings. The predicted octanol–water partition coefficient (Wildman–Crippen LogP) is 3.82. The lowest BCUT2D eigenvalue weighted by Crippen LogP contribution is -2.24. The summed E-state index contributed by atoms with van der Waals surface area (Å²) in [5.41, 5.74) is 3.32. The molecule has 0 aliphatic carbocycles. The number of halogens is 1. The molecule has 3 aromatic carbocycles. The van der Waals surface area contributed by atoms with Crippen LogP contribution in [0.25, 0.3) is 0 Å². The van der Waals surface area contributed by atoms with E-state index in [4.69, 9.17) is 30.5 Å². The van der Waals surface area contributed by atoms with Gasteiger partial charge in [0.05, 0.1) is 11.8 Å². The van der Waals surface area contributed by atoms with Gasteiger partial charge in [-0.05, 0) is 54.1 Å². The minimum Gasteiger partial charge on any atom is -0.484 e. The van der Waals surface area contributed by atoms with Crippen LogP contribution in [0.2, 0.25) is 5.02 Å². The molecule has 0 fully saturated rings. The van der Waals surface area contributed by atoms with Crippen LogP contribution in [0.5, 0.6) is 23.0 Å². The van der Waals surface area contributed by atoms with Crippen LogP contribution < -0.4 is 24.4 Å². The molecular formula is C23H17ClN2O6. The van der Waals surface area contributed by atoms with E-state index in [2.05, 4.69) is 10.5 Å². The molecule has 1 aliphatic heterocycles. The highest BCUT2D eigenvalue weighted by molar-refractivity contribution is 6.30. The number of benzene rings is 3. The van der Waals surface area contributed by atoms with Crippen LogP contribution in [-0.4, -0.2) is 31.5 Å². The first kappa shape index (κ1) is 21.2. The van der Waals surface area contributed by atoms with Gasteiger partial charge in [0, 0.05) is 5.02 Å². The van der Waals surface area contributed by atoms with Gasteiger partial charge in [-0.15, -0.1) is 0 Å². The molecule has 32 heavy (non-hydrogen) atoms. The SMILES string of the molecule is O=C(COc1cccc(Cl)c1)N/N=C/c1cccc(OC(=O)c2ccc3c(c2)OCO3)c1. The van der Waals surface area contributed by atoms with Gasteiger partial charge in [0.15, 0.2) is 18.1 Å². The zero-order chi connectivity index (χ0) is 22.3. The third kappa shape index (κ3) is 5.55. The summed E-state index contributed by atoms with van der Waals surface area (Å²) in [6.45, 7) is -0.0939. The van der Waals surface area contributed by atoms with E-state index in [1.165, 1.54) is 6.21 Å². The zero-order valence-corrected chi connectivity index (χ0v) is 17.4. The molecule has 0 bridgehead atoms. The van der Waals surface area contributed by atoms with Crippen LogP contribution >= 0.6 is 11.6 Å². The number of hydrogen-bond acceptors (Lipinski definition) is 7. The van der Waals surface area contributed by atoms with Crippen molar-refractivity contribution in [2.24, 2.45) is 5.10 Å². The molecule has 0 spiro atoms. The summed E-state index contributed by atoms with van der Waals surface area (Å²) in [7, 11) is 0. The molecule has 1 heterocycles. The van der Waals surface area contributed by atoms with Gasteiger partial charge in [-0.2, -0.15) is 5.10 Å². The van der Waals surface area contributed by atoms with E-state index >= 15 is 0 Å². The minimum atomic E-state index is -0.538. The molecule has 0 unspecified atom stereocenters. The fourth-order valence-electron chi connectivity index (χ4n) is 2.76. The van der Waals surface area contributed by atoms with Crippen molar-refractivity contribution in [3.8, 4) is 23.0 Å². The van der Waals surface area contributed by atoms with Crippen LogP contribution in [-0.2, 0) is 4.79 Å². The topological polar surface area (TPSA) is 95.5 Å². The molecule has 1 amide bonds. The molecule has 8 nitrogen and oxygen atoms in total. The van der Waals surface area contributed by atoms with Crippen molar-refractivity contribution < 1.29 is 28.5 Å². The fourth-order valence-corrected chi connectivity index (χ4v) is 2.94. The van der Waals surface area contributed by atoms with Crippen molar-refractivity contribution in [2.75, 3.05) is 13.4 Å². The van der Waals surface area contributed by atoms with Crippen LogP contribution in [0, 0.1) is 0 Å². The van der Waals surface area contributed by atoms with Crippen LogP contribution in [0.4, 0.5) is 0 Å². The fraction of sp³-hybridized carbons (Fsp3) is 0.0870. The Hall–Kier alpha value is -4.04. The molecule has 162 valence electrons. The van der Waals surface area contributed by atoms with E-state index in [1.807, 2.05) is 0 Å². The number of hydrazone groups is 1. The Morgan fingerprint density at radius 2 is 1.81 bits per heavy atom. The molecule has 0 aromatic heterocycles. The largest absolute Gasteiger partial charge is 0.484 e. The summed E-state index contributed by atoms with van der Waals surface area (Å²) in [4.78, 5) is 24.3. The van der Waals surface area contributed by atoms with Gasteiger partial charge < -0.3 is 18.9 Å². The van der Waals surface area contributed by atoms with Gasteiger partial charge in [-0.1, -0.05) is 29.8 Å². The number of hydrogen-bond donors (Lipinski definition) is 1. The molecule has 0 atom stereocenters. The number of nitrogens with one attached hydrogen (secondary N) is 1. The molecule has 0 radical (unpaired) electrons. The van der Waals surface area contributed by atoms with E-state index in [0.717, 1.165) is 0 Å². The Bertz CT molecular complexity index is 1180. The van der Waals surface area contributed by atoms with Crippen LogP contribution in [0.15, 0.2) is 71.8 Å². The lowest BCUT2D eigenvalue weighted by atomic mass is 10.2. The van der Waals surface area contributed by atoms with Crippen molar-refractivity contribution in [2.45, 2.75) is 0 Å². The van der Waals surface area contributed by atoms with Gasteiger partial charge in [0.25, 0.3) is 5.91 Å². The van der Waals surface area contributed by atoms with Crippen molar-refractivity contribution >= 4 is 29.7 Å². The third-order valence-corrected chi connectivity index (χ3v) is 4.48. The smallest absolute Gasteiger partial charge is 0.343 e. The Morgan fingerprint density at radius 1 is 1.00 bits per heavy atom. The highest BCUT2D eigenvalue weighted by Crippen LogP contribution is 2.32. The summed E-state index contributed by atoms with van der Waals surface area (Å²) in [5.74, 6) is 0.909. The number of rotatable bonds is 7. The summed E-state index contributed by atoms with van der Waals surface area (Å²) in [5, 5.41) is 4.40. The van der Waals surface area contributed by atoms with Gasteiger partial charge in [-0.25, -0.2) is 10.2 Å². The van der Waals surface area contributed by atoms with E-state index in [9.17, 15) is 9.59 Å². The number of carbonyl (C=O) groups excluding carboxylic acids is 2. The number of ether oxygens (including phenoxy) is 4. The number of fused-ring (bicyclic) bond motifs is 1. The predicted molar refractivity (Wildman–Crippen MR) is 117 cm³/mol. The van der Waals surface area contributed by atoms with Gasteiger partial charge in [0.1, 0.15) is 11.5 Å². The second-order valence-electron chi connectivity index (χ2n) is 6.57. The minimum absolute atomic E-state index is 0.123. The second-order valence-corrected chi connectivity index (χ2v) is 7.01. The number of amides is 1. The Morgan fingerprint density at radius 3 is 2.69 bits per heavy atom. The first-order chi connectivity index (χ1) is 15.6. The summed E-state index contributed by atoms with van der Waals surface area (Å²) in [6, 6.07) is 18.2. The van der Waals surface area contributed by atoms with Crippen LogP contribution in [0.3, 0.4) is 0 Å². The summed E-state index contributed by atoms with van der Waals surface area (Å²) in [6.07, 6.45) is 1.43. The number of nitrogens with zero attached hydrogens (tertiary/aromatic N) is 1. The van der Waals surface area contributed by atoms with E-state index in [1.54, 1.807) is 66.7 Å². The quantitative estimate of drug-likeness (QED) is 0.253. The zero-order valence-electron chi connectivity index (χ0n) is 16.6. The van der Waals surface area contributed by atoms with Gasteiger partial charge in [0.2, 0.25) is 6.79 Å². The van der Waals surface area contributed by atoms with Gasteiger partial charge >= 0.3 is 5.97 Å². The molecular weight excluding hydrogens is 436 g/mol. The maximum atomic E-state index is 12.4. The molecule has 1 N–H and O–H groups in total. The summed E-state index contributed by atoms with van der Waals surface area (Å²) < 4.78 is 21.3. The lowest BCUT2D eigenvalue weighted by molar-refractivity contribution is -0.123. The first-order valence-electron chi connectivity index (χ1n) is 9.49. The van der Waals surface area contributed by atoms with E-state index in [-0.39, 0.29) is 13.4 Å².